The van der Waals surface area contributed by atoms with Gasteiger partial charge >= 0.3 is 0 Å². The number of hydrogen-bond donors (Lipinski definition) is 1. The van der Waals surface area contributed by atoms with E-state index < -0.39 is 0 Å². The maximum absolute atomic E-state index is 12.8. The lowest BCUT2D eigenvalue weighted by molar-refractivity contribution is -0.132. The Balaban J connectivity index is 1.26. The summed E-state index contributed by atoms with van der Waals surface area (Å²) < 4.78 is 0. The highest BCUT2D eigenvalue weighted by molar-refractivity contribution is 8.01. The lowest BCUT2D eigenvalue weighted by Gasteiger charge is -2.35. The van der Waals surface area contributed by atoms with Crippen LogP contribution >= 0.6 is 11.8 Å². The van der Waals surface area contributed by atoms with Crippen molar-refractivity contribution < 1.29 is 9.59 Å². The van der Waals surface area contributed by atoms with Gasteiger partial charge in [-0.2, -0.15) is 0 Å². The molecule has 3 aliphatic rings. The molecule has 2 heterocycles. The zero-order valence-electron chi connectivity index (χ0n) is 14.7. The Morgan fingerprint density at radius 3 is 2.68 bits per heavy atom. The summed E-state index contributed by atoms with van der Waals surface area (Å²) in [5.41, 5.74) is 2.54. The molecule has 1 atom stereocenters. The highest BCUT2D eigenvalue weighted by Gasteiger charge is 2.33. The summed E-state index contributed by atoms with van der Waals surface area (Å²) in [7, 11) is 0. The number of aryl methyl sites for hydroxylation is 1. The van der Waals surface area contributed by atoms with Crippen molar-refractivity contribution in [2.75, 3.05) is 32.7 Å². The van der Waals surface area contributed by atoms with Gasteiger partial charge in [-0.15, -0.1) is 11.8 Å². The molecule has 2 amide bonds. The Kier molecular flexibility index (Phi) is 4.73. The first-order chi connectivity index (χ1) is 12.1. The van der Waals surface area contributed by atoms with Gasteiger partial charge in [-0.25, -0.2) is 0 Å². The van der Waals surface area contributed by atoms with Gasteiger partial charge in [-0.3, -0.25) is 14.5 Å². The highest BCUT2D eigenvalue weighted by atomic mass is 32.2. The fourth-order valence-electron chi connectivity index (χ4n) is 3.51. The number of piperazine rings is 1. The van der Waals surface area contributed by atoms with Crippen LogP contribution in [0.1, 0.15) is 24.0 Å². The summed E-state index contributed by atoms with van der Waals surface area (Å²) in [6, 6.07) is 6.88. The van der Waals surface area contributed by atoms with E-state index in [-0.39, 0.29) is 17.1 Å². The molecule has 0 bridgehead atoms. The van der Waals surface area contributed by atoms with Crippen LogP contribution in [-0.2, 0) is 16.0 Å². The summed E-state index contributed by atoms with van der Waals surface area (Å²) in [4.78, 5) is 30.1. The highest BCUT2D eigenvalue weighted by Crippen LogP contribution is 2.38. The van der Waals surface area contributed by atoms with Crippen LogP contribution in [0.5, 0.6) is 0 Å². The van der Waals surface area contributed by atoms with E-state index in [9.17, 15) is 9.59 Å². The molecular formula is C19H25N3O2S. The minimum Gasteiger partial charge on any atom is -0.352 e. The Hall–Kier alpha value is -1.53. The van der Waals surface area contributed by atoms with E-state index in [1.807, 2.05) is 4.90 Å². The fourth-order valence-corrected chi connectivity index (χ4v) is 4.88. The summed E-state index contributed by atoms with van der Waals surface area (Å²) in [6.45, 7) is 5.57. The molecular weight excluding hydrogens is 334 g/mol. The normalized spacial score (nSPS) is 23.4. The van der Waals surface area contributed by atoms with Crippen molar-refractivity contribution >= 4 is 23.6 Å². The Morgan fingerprint density at radius 2 is 1.96 bits per heavy atom. The molecule has 1 aromatic carbocycles. The molecule has 0 aromatic heterocycles. The van der Waals surface area contributed by atoms with Crippen molar-refractivity contribution in [1.29, 1.82) is 0 Å². The summed E-state index contributed by atoms with van der Waals surface area (Å²) in [5, 5.41) is 3.05. The van der Waals surface area contributed by atoms with Crippen LogP contribution in [0.3, 0.4) is 0 Å². The zero-order valence-corrected chi connectivity index (χ0v) is 15.5. The van der Waals surface area contributed by atoms with Crippen molar-refractivity contribution in [2.24, 2.45) is 0 Å². The van der Waals surface area contributed by atoms with Crippen LogP contribution in [-0.4, -0.2) is 65.6 Å². The number of carbonyl (C=O) groups is 2. The van der Waals surface area contributed by atoms with Crippen molar-refractivity contribution in [3.8, 4) is 0 Å². The predicted molar refractivity (Wildman–Crippen MR) is 98.7 cm³/mol. The molecule has 1 aromatic rings. The number of fused-ring (bicyclic) bond motifs is 1. The van der Waals surface area contributed by atoms with Crippen LogP contribution in [0.4, 0.5) is 0 Å². The number of benzene rings is 1. The molecule has 2 aliphatic heterocycles. The molecule has 6 heteroatoms. The van der Waals surface area contributed by atoms with E-state index in [2.05, 4.69) is 35.3 Å². The van der Waals surface area contributed by atoms with Gasteiger partial charge in [0.05, 0.1) is 11.8 Å². The first kappa shape index (κ1) is 16.9. The molecule has 1 unspecified atom stereocenters. The zero-order chi connectivity index (χ0) is 17.4. The number of rotatable bonds is 4. The van der Waals surface area contributed by atoms with Gasteiger partial charge in [-0.05, 0) is 37.8 Å². The molecule has 1 N–H and O–H groups in total. The van der Waals surface area contributed by atoms with Crippen molar-refractivity contribution in [3.05, 3.63) is 29.3 Å². The van der Waals surface area contributed by atoms with Crippen LogP contribution in [0, 0.1) is 6.92 Å². The minimum atomic E-state index is 0.0153. The predicted octanol–water partition coefficient (Wildman–Crippen LogP) is 1.43. The van der Waals surface area contributed by atoms with Crippen LogP contribution in [0.2, 0.25) is 0 Å². The molecule has 5 nitrogen and oxygen atoms in total. The topological polar surface area (TPSA) is 52.7 Å². The second kappa shape index (κ2) is 7.00. The Morgan fingerprint density at radius 1 is 1.20 bits per heavy atom. The van der Waals surface area contributed by atoms with Gasteiger partial charge in [0.15, 0.2) is 0 Å². The van der Waals surface area contributed by atoms with Crippen molar-refractivity contribution in [2.45, 2.75) is 42.4 Å². The van der Waals surface area contributed by atoms with Gasteiger partial charge in [-0.1, -0.05) is 17.7 Å². The van der Waals surface area contributed by atoms with Crippen molar-refractivity contribution in [3.63, 3.8) is 0 Å². The molecule has 0 spiro atoms. The van der Waals surface area contributed by atoms with Gasteiger partial charge in [0, 0.05) is 37.1 Å². The second-order valence-electron chi connectivity index (χ2n) is 7.37. The van der Waals surface area contributed by atoms with Crippen molar-refractivity contribution in [1.82, 2.24) is 15.1 Å². The monoisotopic (exact) mass is 359 g/mol. The Labute approximate surface area is 153 Å². The third-order valence-electron chi connectivity index (χ3n) is 5.17. The lowest BCUT2D eigenvalue weighted by atomic mass is 10.1. The molecule has 0 radical (unpaired) electrons. The molecule has 1 saturated heterocycles. The van der Waals surface area contributed by atoms with Crippen LogP contribution < -0.4 is 5.32 Å². The SMILES string of the molecule is Cc1ccc2c(c1)SC(C(=O)N1CCN(CC(=O)NC3CC3)CC1)C2. The Bertz CT molecular complexity index is 681. The number of nitrogens with one attached hydrogen (secondary N) is 1. The van der Waals surface area contributed by atoms with Crippen LogP contribution in [0.15, 0.2) is 23.1 Å². The quantitative estimate of drug-likeness (QED) is 0.884. The largest absolute Gasteiger partial charge is 0.352 e. The van der Waals surface area contributed by atoms with E-state index in [1.165, 1.54) is 16.0 Å². The smallest absolute Gasteiger partial charge is 0.236 e. The third kappa shape index (κ3) is 4.01. The van der Waals surface area contributed by atoms with Gasteiger partial charge in [0.2, 0.25) is 11.8 Å². The molecule has 4 rings (SSSR count). The standard InChI is InChI=1S/C19H25N3O2S/c1-13-2-3-14-11-17(25-16(14)10-13)19(24)22-8-6-21(7-9-22)12-18(23)20-15-4-5-15/h2-3,10,15,17H,4-9,11-12H2,1H3,(H,20,23). The summed E-state index contributed by atoms with van der Waals surface area (Å²) in [5.74, 6) is 0.375. The molecule has 25 heavy (non-hydrogen) atoms. The average Bonchev–Trinajstić information content (AvgIpc) is 3.30. The first-order valence-electron chi connectivity index (χ1n) is 9.15. The average molecular weight is 359 g/mol. The number of carbonyl (C=O) groups excluding carboxylic acids is 2. The van der Waals surface area contributed by atoms with Crippen LogP contribution in [0.25, 0.3) is 0 Å². The van der Waals surface area contributed by atoms with Gasteiger partial charge in [0.25, 0.3) is 0 Å². The number of thioether (sulfide) groups is 1. The molecule has 1 aliphatic carbocycles. The van der Waals surface area contributed by atoms with E-state index >= 15 is 0 Å². The maximum atomic E-state index is 12.8. The molecule has 1 saturated carbocycles. The van der Waals surface area contributed by atoms with Gasteiger partial charge < -0.3 is 10.2 Å². The first-order valence-corrected chi connectivity index (χ1v) is 10.0. The third-order valence-corrected chi connectivity index (χ3v) is 6.45. The van der Waals surface area contributed by atoms with E-state index in [0.717, 1.165) is 45.4 Å². The lowest BCUT2D eigenvalue weighted by Crippen LogP contribution is -2.52. The minimum absolute atomic E-state index is 0.0153. The summed E-state index contributed by atoms with van der Waals surface area (Å²) in [6.07, 6.45) is 3.08. The summed E-state index contributed by atoms with van der Waals surface area (Å²) >= 11 is 1.71. The second-order valence-corrected chi connectivity index (χ2v) is 8.61. The fraction of sp³-hybridized carbons (Fsp3) is 0.579. The maximum Gasteiger partial charge on any atom is 0.236 e. The van der Waals surface area contributed by atoms with Gasteiger partial charge in [0.1, 0.15) is 0 Å². The van der Waals surface area contributed by atoms with E-state index in [0.29, 0.717) is 12.6 Å². The van der Waals surface area contributed by atoms with E-state index in [4.69, 9.17) is 0 Å². The number of hydrogen-bond acceptors (Lipinski definition) is 4. The van der Waals surface area contributed by atoms with E-state index in [1.54, 1.807) is 11.8 Å². The number of nitrogens with zero attached hydrogens (tertiary/aromatic N) is 2. The number of amides is 2. The molecule has 2 fully saturated rings. The molecule has 134 valence electrons.